The average Bonchev–Trinajstić information content (AvgIpc) is 2.23. The summed E-state index contributed by atoms with van der Waals surface area (Å²) < 4.78 is 1.45. The highest BCUT2D eigenvalue weighted by molar-refractivity contribution is 7.98. The minimum atomic E-state index is -0.176. The molecule has 0 aliphatic carbocycles. The van der Waals surface area contributed by atoms with Crippen LogP contribution in [0, 0.1) is 0 Å². The van der Waals surface area contributed by atoms with E-state index < -0.39 is 0 Å². The first kappa shape index (κ1) is 10.4. The highest BCUT2D eigenvalue weighted by Crippen LogP contribution is 2.19. The molecule has 0 atom stereocenters. The minimum Gasteiger partial charge on any atom is -0.318 e. The molecule has 0 radical (unpaired) electrons. The van der Waals surface area contributed by atoms with Crippen molar-refractivity contribution in [2.24, 2.45) is 7.05 Å². The Bertz CT molecular complexity index is 581. The van der Waals surface area contributed by atoms with E-state index >= 15 is 0 Å². The number of thioether (sulfide) groups is 1. The summed E-state index contributed by atoms with van der Waals surface area (Å²) in [6.07, 6.45) is 3.52. The Balaban J connectivity index is 2.92. The molecule has 0 aliphatic rings. The molecule has 0 aromatic carbocycles. The Labute approximate surface area is 95.3 Å². The second-order valence-electron chi connectivity index (χ2n) is 2.99. The molecule has 0 spiro atoms. The Kier molecular flexibility index (Phi) is 2.67. The van der Waals surface area contributed by atoms with Crippen LogP contribution in [0.15, 0.2) is 22.2 Å². The third kappa shape index (κ3) is 1.72. The molecule has 0 amide bonds. The van der Waals surface area contributed by atoms with Crippen LogP contribution in [0.5, 0.6) is 0 Å². The van der Waals surface area contributed by atoms with Crippen LogP contribution in [0.3, 0.4) is 0 Å². The van der Waals surface area contributed by atoms with Gasteiger partial charge in [0.05, 0.1) is 5.52 Å². The average molecular weight is 242 g/mol. The number of nitrogens with zero attached hydrogens (tertiary/aromatic N) is 3. The van der Waals surface area contributed by atoms with Crippen molar-refractivity contribution in [3.63, 3.8) is 0 Å². The van der Waals surface area contributed by atoms with Crippen molar-refractivity contribution in [1.29, 1.82) is 0 Å². The fourth-order valence-corrected chi connectivity index (χ4v) is 1.95. The molecule has 0 N–H and O–H groups in total. The molecule has 0 saturated heterocycles. The van der Waals surface area contributed by atoms with Gasteiger partial charge < -0.3 is 4.57 Å². The summed E-state index contributed by atoms with van der Waals surface area (Å²) in [4.78, 5) is 20.0. The van der Waals surface area contributed by atoms with E-state index in [2.05, 4.69) is 9.97 Å². The predicted molar refractivity (Wildman–Crippen MR) is 61.6 cm³/mol. The zero-order chi connectivity index (χ0) is 11.0. The van der Waals surface area contributed by atoms with Gasteiger partial charge in [-0.3, -0.25) is 4.79 Å². The SMILES string of the molecule is CSc1nc(Cl)c2c(=O)n(C)ccc2n1. The topological polar surface area (TPSA) is 47.8 Å². The zero-order valence-corrected chi connectivity index (χ0v) is 9.76. The largest absolute Gasteiger partial charge is 0.318 e. The van der Waals surface area contributed by atoms with Gasteiger partial charge in [-0.1, -0.05) is 23.4 Å². The Morgan fingerprint density at radius 2 is 2.20 bits per heavy atom. The van der Waals surface area contributed by atoms with Gasteiger partial charge in [-0.05, 0) is 12.3 Å². The van der Waals surface area contributed by atoms with Crippen molar-refractivity contribution in [3.05, 3.63) is 27.8 Å². The second-order valence-corrected chi connectivity index (χ2v) is 4.12. The van der Waals surface area contributed by atoms with Crippen LogP contribution in [0.2, 0.25) is 5.15 Å². The monoisotopic (exact) mass is 241 g/mol. The lowest BCUT2D eigenvalue weighted by Gasteiger charge is -2.03. The van der Waals surface area contributed by atoms with Crippen LogP contribution in [-0.2, 0) is 7.05 Å². The Morgan fingerprint density at radius 1 is 1.47 bits per heavy atom. The second kappa shape index (κ2) is 3.83. The molecular weight excluding hydrogens is 234 g/mol. The summed E-state index contributed by atoms with van der Waals surface area (Å²) in [5.41, 5.74) is 0.410. The van der Waals surface area contributed by atoms with Crippen LogP contribution >= 0.6 is 23.4 Å². The van der Waals surface area contributed by atoms with Crippen LogP contribution in [0.25, 0.3) is 10.9 Å². The first-order chi connectivity index (χ1) is 7.13. The Hall–Kier alpha value is -1.07. The molecular formula is C9H8ClN3OS. The maximum Gasteiger partial charge on any atom is 0.262 e. The molecule has 2 aromatic heterocycles. The molecule has 0 fully saturated rings. The van der Waals surface area contributed by atoms with E-state index in [1.165, 1.54) is 16.3 Å². The summed E-state index contributed by atoms with van der Waals surface area (Å²) >= 11 is 7.33. The quantitative estimate of drug-likeness (QED) is 0.433. The summed E-state index contributed by atoms with van der Waals surface area (Å²) in [6.45, 7) is 0. The van der Waals surface area contributed by atoms with Crippen LogP contribution in [-0.4, -0.2) is 20.8 Å². The summed E-state index contributed by atoms with van der Waals surface area (Å²) in [6, 6.07) is 1.75. The lowest BCUT2D eigenvalue weighted by molar-refractivity contribution is 0.866. The van der Waals surface area contributed by atoms with Crippen molar-refractivity contribution < 1.29 is 0 Å². The molecule has 6 heteroatoms. The van der Waals surface area contributed by atoms with Crippen molar-refractivity contribution in [2.75, 3.05) is 6.26 Å². The van der Waals surface area contributed by atoms with Gasteiger partial charge in [-0.2, -0.15) is 0 Å². The molecule has 2 rings (SSSR count). The third-order valence-electron chi connectivity index (χ3n) is 2.05. The normalized spacial score (nSPS) is 10.9. The summed E-state index contributed by atoms with van der Waals surface area (Å²) in [7, 11) is 1.67. The molecule has 0 aliphatic heterocycles. The van der Waals surface area contributed by atoms with Gasteiger partial charge >= 0.3 is 0 Å². The number of rotatable bonds is 1. The highest BCUT2D eigenvalue weighted by Gasteiger charge is 2.09. The fraction of sp³-hybridized carbons (Fsp3) is 0.222. The molecule has 78 valence electrons. The van der Waals surface area contributed by atoms with Crippen molar-refractivity contribution >= 4 is 34.3 Å². The number of pyridine rings is 1. The van der Waals surface area contributed by atoms with E-state index in [9.17, 15) is 4.79 Å². The first-order valence-electron chi connectivity index (χ1n) is 4.20. The lowest BCUT2D eigenvalue weighted by atomic mass is 10.3. The van der Waals surface area contributed by atoms with Crippen molar-refractivity contribution in [3.8, 4) is 0 Å². The number of hydrogen-bond acceptors (Lipinski definition) is 4. The van der Waals surface area contributed by atoms with Crippen LogP contribution < -0.4 is 5.56 Å². The van der Waals surface area contributed by atoms with E-state index in [1.54, 1.807) is 19.3 Å². The van der Waals surface area contributed by atoms with E-state index in [0.29, 0.717) is 16.1 Å². The van der Waals surface area contributed by atoms with Gasteiger partial charge in [0.25, 0.3) is 5.56 Å². The van der Waals surface area contributed by atoms with Crippen molar-refractivity contribution in [1.82, 2.24) is 14.5 Å². The van der Waals surface area contributed by atoms with Crippen LogP contribution in [0.1, 0.15) is 0 Å². The molecule has 0 unspecified atom stereocenters. The minimum absolute atomic E-state index is 0.176. The summed E-state index contributed by atoms with van der Waals surface area (Å²) in [5.74, 6) is 0. The molecule has 15 heavy (non-hydrogen) atoms. The van der Waals surface area contributed by atoms with E-state index in [4.69, 9.17) is 11.6 Å². The van der Waals surface area contributed by atoms with Crippen molar-refractivity contribution in [2.45, 2.75) is 5.16 Å². The molecule has 2 heterocycles. The zero-order valence-electron chi connectivity index (χ0n) is 8.19. The van der Waals surface area contributed by atoms with Gasteiger partial charge in [0.1, 0.15) is 10.5 Å². The van der Waals surface area contributed by atoms with E-state index in [0.717, 1.165) is 0 Å². The van der Waals surface area contributed by atoms with Gasteiger partial charge in [-0.15, -0.1) is 0 Å². The first-order valence-corrected chi connectivity index (χ1v) is 5.80. The molecule has 0 saturated carbocycles. The molecule has 4 nitrogen and oxygen atoms in total. The fourth-order valence-electron chi connectivity index (χ4n) is 1.27. The third-order valence-corrected chi connectivity index (χ3v) is 2.87. The van der Waals surface area contributed by atoms with E-state index in [1.807, 2.05) is 6.26 Å². The van der Waals surface area contributed by atoms with E-state index in [-0.39, 0.29) is 10.7 Å². The number of halogens is 1. The maximum absolute atomic E-state index is 11.7. The number of aryl methyl sites for hydroxylation is 1. The van der Waals surface area contributed by atoms with Gasteiger partial charge in [0.2, 0.25) is 0 Å². The Morgan fingerprint density at radius 3 is 2.87 bits per heavy atom. The molecule has 2 aromatic rings. The lowest BCUT2D eigenvalue weighted by Crippen LogP contribution is -2.16. The summed E-state index contributed by atoms with van der Waals surface area (Å²) in [5, 5.41) is 1.16. The maximum atomic E-state index is 11.7. The van der Waals surface area contributed by atoms with Gasteiger partial charge in [-0.25, -0.2) is 9.97 Å². The predicted octanol–water partition coefficient (Wildman–Crippen LogP) is 1.70. The number of fused-ring (bicyclic) bond motifs is 1. The number of hydrogen-bond donors (Lipinski definition) is 0. The van der Waals surface area contributed by atoms with Crippen LogP contribution in [0.4, 0.5) is 0 Å². The number of aromatic nitrogens is 3. The smallest absolute Gasteiger partial charge is 0.262 e. The highest BCUT2D eigenvalue weighted by atomic mass is 35.5. The molecule has 0 bridgehead atoms. The van der Waals surface area contributed by atoms with Gasteiger partial charge in [0.15, 0.2) is 5.16 Å². The standard InChI is InChI=1S/C9H8ClN3OS/c1-13-4-3-5-6(8(13)14)7(10)12-9(11-5)15-2/h3-4H,1-2H3. The van der Waals surface area contributed by atoms with Gasteiger partial charge in [0, 0.05) is 13.2 Å².